The Morgan fingerprint density at radius 2 is 2.00 bits per heavy atom. The van der Waals surface area contributed by atoms with Crippen molar-refractivity contribution in [2.45, 2.75) is 39.5 Å². The molecule has 0 fully saturated rings. The SMILES string of the molecule is CC(C)(C)OCCn1ccc2cc(CN)ccc21. The van der Waals surface area contributed by atoms with Gasteiger partial charge in [-0.15, -0.1) is 0 Å². The molecule has 2 rings (SSSR count). The second-order valence-corrected chi connectivity index (χ2v) is 5.57. The Kier molecular flexibility index (Phi) is 3.73. The third-order valence-corrected chi connectivity index (χ3v) is 2.94. The fraction of sp³-hybridized carbons (Fsp3) is 0.467. The minimum atomic E-state index is -0.0737. The predicted octanol–water partition coefficient (Wildman–Crippen LogP) is 2.92. The van der Waals surface area contributed by atoms with Crippen LogP contribution >= 0.6 is 0 Å². The Labute approximate surface area is 109 Å². The average molecular weight is 246 g/mol. The molecule has 0 unspecified atom stereocenters. The van der Waals surface area contributed by atoms with E-state index in [1.54, 1.807) is 0 Å². The minimum Gasteiger partial charge on any atom is -0.374 e. The summed E-state index contributed by atoms with van der Waals surface area (Å²) in [7, 11) is 0. The molecule has 0 atom stereocenters. The van der Waals surface area contributed by atoms with E-state index in [9.17, 15) is 0 Å². The van der Waals surface area contributed by atoms with Crippen LogP contribution in [0.3, 0.4) is 0 Å². The lowest BCUT2D eigenvalue weighted by molar-refractivity contribution is -0.00644. The van der Waals surface area contributed by atoms with Crippen molar-refractivity contribution >= 4 is 10.9 Å². The summed E-state index contributed by atoms with van der Waals surface area (Å²) >= 11 is 0. The van der Waals surface area contributed by atoms with Crippen molar-refractivity contribution in [3.63, 3.8) is 0 Å². The number of aromatic nitrogens is 1. The first kappa shape index (κ1) is 13.1. The van der Waals surface area contributed by atoms with E-state index in [0.29, 0.717) is 6.54 Å². The van der Waals surface area contributed by atoms with Gasteiger partial charge in [0.2, 0.25) is 0 Å². The third kappa shape index (κ3) is 3.12. The molecule has 1 aromatic heterocycles. The zero-order chi connectivity index (χ0) is 13.2. The number of hydrogen-bond donors (Lipinski definition) is 1. The highest BCUT2D eigenvalue weighted by molar-refractivity contribution is 5.80. The number of nitrogens with two attached hydrogens (primary N) is 1. The van der Waals surface area contributed by atoms with Crippen LogP contribution in [-0.2, 0) is 17.8 Å². The van der Waals surface area contributed by atoms with Crippen LogP contribution in [0.5, 0.6) is 0 Å². The fourth-order valence-corrected chi connectivity index (χ4v) is 2.02. The maximum absolute atomic E-state index is 5.76. The summed E-state index contributed by atoms with van der Waals surface area (Å²) in [6.07, 6.45) is 2.11. The first-order valence-corrected chi connectivity index (χ1v) is 6.41. The standard InChI is InChI=1S/C15H22N2O/c1-15(2,3)18-9-8-17-7-6-13-10-12(11-16)4-5-14(13)17/h4-7,10H,8-9,11,16H2,1-3H3. The zero-order valence-electron chi connectivity index (χ0n) is 11.4. The van der Waals surface area contributed by atoms with Gasteiger partial charge in [0.25, 0.3) is 0 Å². The van der Waals surface area contributed by atoms with Crippen LogP contribution in [-0.4, -0.2) is 16.8 Å². The molecule has 3 nitrogen and oxygen atoms in total. The van der Waals surface area contributed by atoms with Gasteiger partial charge in [0.1, 0.15) is 0 Å². The van der Waals surface area contributed by atoms with E-state index in [0.717, 1.165) is 13.2 Å². The van der Waals surface area contributed by atoms with E-state index >= 15 is 0 Å². The van der Waals surface area contributed by atoms with Crippen molar-refractivity contribution in [3.8, 4) is 0 Å². The molecular formula is C15H22N2O. The lowest BCUT2D eigenvalue weighted by Crippen LogP contribution is -2.21. The smallest absolute Gasteiger partial charge is 0.0652 e. The van der Waals surface area contributed by atoms with Crippen molar-refractivity contribution in [3.05, 3.63) is 36.0 Å². The molecular weight excluding hydrogens is 224 g/mol. The van der Waals surface area contributed by atoms with Crippen LogP contribution in [0, 0.1) is 0 Å². The lowest BCUT2D eigenvalue weighted by Gasteiger charge is -2.19. The maximum atomic E-state index is 5.76. The van der Waals surface area contributed by atoms with E-state index in [1.165, 1.54) is 16.5 Å². The van der Waals surface area contributed by atoms with Gasteiger partial charge in [0.05, 0.1) is 12.2 Å². The molecule has 0 aliphatic heterocycles. The summed E-state index contributed by atoms with van der Waals surface area (Å²) in [6.45, 7) is 8.43. The molecule has 0 saturated heterocycles. The highest BCUT2D eigenvalue weighted by Gasteiger charge is 2.09. The molecule has 2 N–H and O–H groups in total. The maximum Gasteiger partial charge on any atom is 0.0652 e. The molecule has 98 valence electrons. The predicted molar refractivity (Wildman–Crippen MR) is 75.5 cm³/mol. The molecule has 2 aromatic rings. The van der Waals surface area contributed by atoms with Crippen LogP contribution in [0.2, 0.25) is 0 Å². The summed E-state index contributed by atoms with van der Waals surface area (Å²) in [4.78, 5) is 0. The van der Waals surface area contributed by atoms with E-state index in [2.05, 4.69) is 55.8 Å². The van der Waals surface area contributed by atoms with Crippen molar-refractivity contribution in [1.82, 2.24) is 4.57 Å². The van der Waals surface area contributed by atoms with Gasteiger partial charge < -0.3 is 15.0 Å². The van der Waals surface area contributed by atoms with Crippen LogP contribution in [0.25, 0.3) is 10.9 Å². The second kappa shape index (κ2) is 5.12. The molecule has 1 heterocycles. The molecule has 0 aliphatic rings. The van der Waals surface area contributed by atoms with Gasteiger partial charge in [0, 0.05) is 24.8 Å². The summed E-state index contributed by atoms with van der Waals surface area (Å²) < 4.78 is 7.98. The Hall–Kier alpha value is -1.32. The number of ether oxygens (including phenoxy) is 1. The van der Waals surface area contributed by atoms with Gasteiger partial charge in [-0.1, -0.05) is 6.07 Å². The van der Waals surface area contributed by atoms with Crippen LogP contribution in [0.1, 0.15) is 26.3 Å². The largest absolute Gasteiger partial charge is 0.374 e. The van der Waals surface area contributed by atoms with E-state index in [-0.39, 0.29) is 5.60 Å². The molecule has 0 saturated carbocycles. The van der Waals surface area contributed by atoms with Crippen molar-refractivity contribution in [2.75, 3.05) is 6.61 Å². The van der Waals surface area contributed by atoms with Gasteiger partial charge in [-0.05, 0) is 49.9 Å². The lowest BCUT2D eigenvalue weighted by atomic mass is 10.1. The quantitative estimate of drug-likeness (QED) is 0.901. The fourth-order valence-electron chi connectivity index (χ4n) is 2.02. The second-order valence-electron chi connectivity index (χ2n) is 5.57. The molecule has 1 aromatic carbocycles. The first-order valence-electron chi connectivity index (χ1n) is 6.41. The highest BCUT2D eigenvalue weighted by atomic mass is 16.5. The van der Waals surface area contributed by atoms with Crippen LogP contribution in [0.4, 0.5) is 0 Å². The monoisotopic (exact) mass is 246 g/mol. The Balaban J connectivity index is 2.10. The number of hydrogen-bond acceptors (Lipinski definition) is 2. The number of nitrogens with zero attached hydrogens (tertiary/aromatic N) is 1. The Morgan fingerprint density at radius 3 is 2.67 bits per heavy atom. The summed E-state index contributed by atoms with van der Waals surface area (Å²) in [5.74, 6) is 0. The molecule has 0 bridgehead atoms. The average Bonchev–Trinajstić information content (AvgIpc) is 2.70. The third-order valence-electron chi connectivity index (χ3n) is 2.94. The summed E-state index contributed by atoms with van der Waals surface area (Å²) in [5, 5.41) is 1.24. The van der Waals surface area contributed by atoms with E-state index < -0.39 is 0 Å². The zero-order valence-corrected chi connectivity index (χ0v) is 11.4. The number of benzene rings is 1. The first-order chi connectivity index (χ1) is 8.49. The van der Waals surface area contributed by atoms with Crippen molar-refractivity contribution in [1.29, 1.82) is 0 Å². The topological polar surface area (TPSA) is 40.2 Å². The summed E-state index contributed by atoms with van der Waals surface area (Å²) in [5.41, 5.74) is 7.99. The van der Waals surface area contributed by atoms with Crippen LogP contribution in [0.15, 0.2) is 30.5 Å². The van der Waals surface area contributed by atoms with Crippen molar-refractivity contribution < 1.29 is 4.74 Å². The van der Waals surface area contributed by atoms with Crippen molar-refractivity contribution in [2.24, 2.45) is 5.73 Å². The summed E-state index contributed by atoms with van der Waals surface area (Å²) in [6, 6.07) is 8.50. The molecule has 0 aliphatic carbocycles. The molecule has 0 amide bonds. The van der Waals surface area contributed by atoms with Gasteiger partial charge in [-0.2, -0.15) is 0 Å². The van der Waals surface area contributed by atoms with Gasteiger partial charge in [-0.25, -0.2) is 0 Å². The van der Waals surface area contributed by atoms with Gasteiger partial charge in [0.15, 0.2) is 0 Å². The molecule has 18 heavy (non-hydrogen) atoms. The van der Waals surface area contributed by atoms with E-state index in [1.807, 2.05) is 0 Å². The van der Waals surface area contributed by atoms with Gasteiger partial charge in [-0.3, -0.25) is 0 Å². The number of rotatable bonds is 4. The number of fused-ring (bicyclic) bond motifs is 1. The van der Waals surface area contributed by atoms with E-state index in [4.69, 9.17) is 10.5 Å². The molecule has 0 radical (unpaired) electrons. The minimum absolute atomic E-state index is 0.0737. The molecule has 3 heteroatoms. The Morgan fingerprint density at radius 1 is 1.22 bits per heavy atom. The van der Waals surface area contributed by atoms with Gasteiger partial charge >= 0.3 is 0 Å². The van der Waals surface area contributed by atoms with Crippen LogP contribution < -0.4 is 5.73 Å². The molecule has 0 spiro atoms. The Bertz CT molecular complexity index is 523. The normalized spacial score (nSPS) is 12.2. The highest BCUT2D eigenvalue weighted by Crippen LogP contribution is 2.18.